The first-order valence-electron chi connectivity index (χ1n) is 8.00. The molecule has 2 unspecified atom stereocenters. The lowest BCUT2D eigenvalue weighted by atomic mass is 10.1. The van der Waals surface area contributed by atoms with Crippen molar-refractivity contribution in [2.75, 3.05) is 39.8 Å². The van der Waals surface area contributed by atoms with Gasteiger partial charge in [-0.1, -0.05) is 19.1 Å². The third kappa shape index (κ3) is 4.43. The molecule has 1 fully saturated rings. The van der Waals surface area contributed by atoms with Crippen molar-refractivity contribution in [1.82, 2.24) is 9.80 Å². The van der Waals surface area contributed by atoms with Crippen LogP contribution in [0, 0.1) is 0 Å². The van der Waals surface area contributed by atoms with Gasteiger partial charge in [-0.05, 0) is 31.0 Å². The Morgan fingerprint density at radius 3 is 2.29 bits per heavy atom. The molecule has 0 radical (unpaired) electrons. The highest BCUT2D eigenvalue weighted by molar-refractivity contribution is 5.29. The molecular weight excluding hydrogens is 262 g/mol. The number of benzene rings is 1. The lowest BCUT2D eigenvalue weighted by molar-refractivity contribution is 0.0968. The first-order chi connectivity index (χ1) is 10.1. The Morgan fingerprint density at radius 2 is 1.76 bits per heavy atom. The van der Waals surface area contributed by atoms with Crippen LogP contribution in [0.25, 0.3) is 0 Å². The zero-order valence-electron chi connectivity index (χ0n) is 13.6. The molecule has 4 heteroatoms. The largest absolute Gasteiger partial charge is 0.497 e. The summed E-state index contributed by atoms with van der Waals surface area (Å²) in [5, 5.41) is 0. The molecule has 1 saturated heterocycles. The van der Waals surface area contributed by atoms with Crippen LogP contribution in [0.15, 0.2) is 24.3 Å². The van der Waals surface area contributed by atoms with E-state index in [1.807, 2.05) is 12.1 Å². The second kappa shape index (κ2) is 7.78. The van der Waals surface area contributed by atoms with E-state index in [1.54, 1.807) is 7.11 Å². The maximum Gasteiger partial charge on any atom is 0.118 e. The normalized spacial score (nSPS) is 20.2. The van der Waals surface area contributed by atoms with Crippen LogP contribution >= 0.6 is 0 Å². The minimum atomic E-state index is 0.0751. The summed E-state index contributed by atoms with van der Waals surface area (Å²) in [7, 11) is 1.69. The van der Waals surface area contributed by atoms with Crippen LogP contribution in [0.2, 0.25) is 0 Å². The number of piperazine rings is 1. The smallest absolute Gasteiger partial charge is 0.118 e. The second-order valence-electron chi connectivity index (χ2n) is 5.97. The summed E-state index contributed by atoms with van der Waals surface area (Å²) in [6.45, 7) is 10.1. The van der Waals surface area contributed by atoms with Crippen LogP contribution in [-0.2, 0) is 0 Å². The molecule has 1 aliphatic heterocycles. The Morgan fingerprint density at radius 1 is 1.14 bits per heavy atom. The topological polar surface area (TPSA) is 41.7 Å². The Balaban J connectivity index is 1.82. The summed E-state index contributed by atoms with van der Waals surface area (Å²) < 4.78 is 5.19. The number of methoxy groups -OCH3 is 1. The third-order valence-corrected chi connectivity index (χ3v) is 4.62. The van der Waals surface area contributed by atoms with E-state index < -0.39 is 0 Å². The highest BCUT2D eigenvalue weighted by atomic mass is 16.5. The molecular formula is C17H29N3O. The van der Waals surface area contributed by atoms with Crippen LogP contribution in [-0.4, -0.2) is 55.7 Å². The Bertz CT molecular complexity index is 413. The lowest BCUT2D eigenvalue weighted by Gasteiger charge is -2.38. The summed E-state index contributed by atoms with van der Waals surface area (Å²) in [6, 6.07) is 8.87. The fourth-order valence-corrected chi connectivity index (χ4v) is 2.88. The standard InChI is InChI=1S/C17H29N3O/c1-4-14(2)20-11-9-19(10-12-20)13-17(18)15-5-7-16(21-3)8-6-15/h5-8,14,17H,4,9-13,18H2,1-3H3. The molecule has 0 bridgehead atoms. The van der Waals surface area contributed by atoms with E-state index in [4.69, 9.17) is 10.5 Å². The van der Waals surface area contributed by atoms with Crippen molar-refractivity contribution >= 4 is 0 Å². The quantitative estimate of drug-likeness (QED) is 0.871. The molecule has 1 aromatic carbocycles. The molecule has 21 heavy (non-hydrogen) atoms. The van der Waals surface area contributed by atoms with E-state index in [1.165, 1.54) is 12.0 Å². The predicted molar refractivity (Wildman–Crippen MR) is 87.7 cm³/mol. The van der Waals surface area contributed by atoms with Crippen molar-refractivity contribution in [3.05, 3.63) is 29.8 Å². The Kier molecular flexibility index (Phi) is 6.03. The first-order valence-corrected chi connectivity index (χ1v) is 8.00. The molecule has 0 saturated carbocycles. The summed E-state index contributed by atoms with van der Waals surface area (Å²) in [6.07, 6.45) is 1.23. The van der Waals surface area contributed by atoms with Gasteiger partial charge in [0.15, 0.2) is 0 Å². The maximum absolute atomic E-state index is 6.34. The molecule has 118 valence electrons. The zero-order chi connectivity index (χ0) is 15.2. The highest BCUT2D eigenvalue weighted by Crippen LogP contribution is 2.18. The fourth-order valence-electron chi connectivity index (χ4n) is 2.88. The molecule has 1 heterocycles. The molecule has 1 aromatic rings. The molecule has 1 aliphatic rings. The van der Waals surface area contributed by atoms with Gasteiger partial charge in [0.1, 0.15) is 5.75 Å². The van der Waals surface area contributed by atoms with Gasteiger partial charge in [-0.25, -0.2) is 0 Å². The van der Waals surface area contributed by atoms with Gasteiger partial charge in [0, 0.05) is 44.8 Å². The number of nitrogens with zero attached hydrogens (tertiary/aromatic N) is 2. The zero-order valence-corrected chi connectivity index (χ0v) is 13.6. The van der Waals surface area contributed by atoms with Gasteiger partial charge in [-0.15, -0.1) is 0 Å². The summed E-state index contributed by atoms with van der Waals surface area (Å²) in [5.41, 5.74) is 7.52. The van der Waals surface area contributed by atoms with Crippen LogP contribution in [0.1, 0.15) is 31.9 Å². The number of ether oxygens (including phenoxy) is 1. The minimum Gasteiger partial charge on any atom is -0.497 e. The number of hydrogen-bond donors (Lipinski definition) is 1. The SMILES string of the molecule is CCC(C)N1CCN(CC(N)c2ccc(OC)cc2)CC1. The van der Waals surface area contributed by atoms with Gasteiger partial charge in [0.05, 0.1) is 7.11 Å². The van der Waals surface area contributed by atoms with Gasteiger partial charge in [-0.2, -0.15) is 0 Å². The average Bonchev–Trinajstić information content (AvgIpc) is 2.55. The molecule has 2 rings (SSSR count). The Hall–Kier alpha value is -1.10. The van der Waals surface area contributed by atoms with Crippen molar-refractivity contribution in [1.29, 1.82) is 0 Å². The fraction of sp³-hybridized carbons (Fsp3) is 0.647. The van der Waals surface area contributed by atoms with Crippen molar-refractivity contribution in [3.63, 3.8) is 0 Å². The summed E-state index contributed by atoms with van der Waals surface area (Å²) >= 11 is 0. The van der Waals surface area contributed by atoms with Crippen molar-refractivity contribution < 1.29 is 4.74 Å². The average molecular weight is 291 g/mol. The van der Waals surface area contributed by atoms with Gasteiger partial charge >= 0.3 is 0 Å². The van der Waals surface area contributed by atoms with Gasteiger partial charge in [0.2, 0.25) is 0 Å². The van der Waals surface area contributed by atoms with Gasteiger partial charge in [0.25, 0.3) is 0 Å². The molecule has 2 atom stereocenters. The van der Waals surface area contributed by atoms with Crippen LogP contribution in [0.3, 0.4) is 0 Å². The van der Waals surface area contributed by atoms with Crippen LogP contribution in [0.5, 0.6) is 5.75 Å². The first kappa shape index (κ1) is 16.3. The van der Waals surface area contributed by atoms with E-state index in [0.717, 1.165) is 38.5 Å². The molecule has 0 spiro atoms. The summed E-state index contributed by atoms with van der Waals surface area (Å²) in [4.78, 5) is 5.06. The molecule has 0 aromatic heterocycles. The van der Waals surface area contributed by atoms with E-state index in [2.05, 4.69) is 35.8 Å². The van der Waals surface area contributed by atoms with Crippen molar-refractivity contribution in [3.8, 4) is 5.75 Å². The third-order valence-electron chi connectivity index (χ3n) is 4.62. The van der Waals surface area contributed by atoms with Crippen molar-refractivity contribution in [2.45, 2.75) is 32.4 Å². The molecule has 0 aliphatic carbocycles. The maximum atomic E-state index is 6.34. The highest BCUT2D eigenvalue weighted by Gasteiger charge is 2.21. The molecule has 4 nitrogen and oxygen atoms in total. The number of nitrogens with two attached hydrogens (primary N) is 1. The predicted octanol–water partition coefficient (Wildman–Crippen LogP) is 2.11. The van der Waals surface area contributed by atoms with E-state index in [-0.39, 0.29) is 6.04 Å². The lowest BCUT2D eigenvalue weighted by Crippen LogP contribution is -2.50. The van der Waals surface area contributed by atoms with E-state index in [0.29, 0.717) is 6.04 Å². The van der Waals surface area contributed by atoms with Crippen LogP contribution < -0.4 is 10.5 Å². The van der Waals surface area contributed by atoms with Gasteiger partial charge < -0.3 is 10.5 Å². The van der Waals surface area contributed by atoms with Crippen molar-refractivity contribution in [2.24, 2.45) is 5.73 Å². The molecule has 2 N–H and O–H groups in total. The molecule has 0 amide bonds. The monoisotopic (exact) mass is 291 g/mol. The van der Waals surface area contributed by atoms with Gasteiger partial charge in [-0.3, -0.25) is 9.80 Å². The summed E-state index contributed by atoms with van der Waals surface area (Å²) in [5.74, 6) is 0.883. The van der Waals surface area contributed by atoms with Crippen LogP contribution in [0.4, 0.5) is 0 Å². The number of hydrogen-bond acceptors (Lipinski definition) is 4. The van der Waals surface area contributed by atoms with E-state index >= 15 is 0 Å². The van der Waals surface area contributed by atoms with E-state index in [9.17, 15) is 0 Å². The second-order valence-corrected chi connectivity index (χ2v) is 5.97. The Labute approximate surface area is 128 Å². The number of rotatable bonds is 6. The minimum absolute atomic E-state index is 0.0751.